The molecule has 7 heteroatoms. The van der Waals surface area contributed by atoms with Crippen molar-refractivity contribution in [2.24, 2.45) is 0 Å². The van der Waals surface area contributed by atoms with Gasteiger partial charge in [0.15, 0.2) is 11.5 Å². The van der Waals surface area contributed by atoms with Gasteiger partial charge in [-0.1, -0.05) is 24.3 Å². The van der Waals surface area contributed by atoms with Crippen LogP contribution in [-0.2, 0) is 0 Å². The minimum atomic E-state index is -3.03. The van der Waals surface area contributed by atoms with Crippen molar-refractivity contribution < 1.29 is 28.2 Å². The number of nitrogens with one attached hydrogen (secondary N) is 1. The molecule has 0 heterocycles. The second-order valence-corrected chi connectivity index (χ2v) is 5.41. The van der Waals surface area contributed by atoms with Crippen molar-refractivity contribution in [3.05, 3.63) is 60.2 Å². The van der Waals surface area contributed by atoms with E-state index in [0.717, 1.165) is 10.8 Å². The second-order valence-electron chi connectivity index (χ2n) is 5.41. The first kappa shape index (κ1) is 17.5. The fourth-order valence-electron chi connectivity index (χ4n) is 2.55. The Hall–Kier alpha value is -3.35. The maximum absolute atomic E-state index is 12.5. The van der Waals surface area contributed by atoms with Crippen molar-refractivity contribution in [2.45, 2.75) is 6.61 Å². The fraction of sp³-hybridized carbons (Fsp3) is 0.105. The minimum absolute atomic E-state index is 0.0656. The minimum Gasteiger partial charge on any atom is -0.507 e. The highest BCUT2D eigenvalue weighted by Gasteiger charge is 2.15. The molecule has 0 saturated carbocycles. The molecule has 3 aromatic rings. The average molecular weight is 359 g/mol. The van der Waals surface area contributed by atoms with Gasteiger partial charge in [0.25, 0.3) is 5.91 Å². The highest BCUT2D eigenvalue weighted by Crippen LogP contribution is 2.32. The Bertz CT molecular complexity index is 959. The van der Waals surface area contributed by atoms with Gasteiger partial charge < -0.3 is 19.9 Å². The molecule has 0 aliphatic rings. The number of hydrogen-bond acceptors (Lipinski definition) is 4. The topological polar surface area (TPSA) is 67.8 Å². The van der Waals surface area contributed by atoms with Crippen LogP contribution in [-0.4, -0.2) is 24.7 Å². The fourth-order valence-corrected chi connectivity index (χ4v) is 2.55. The summed E-state index contributed by atoms with van der Waals surface area (Å²) in [5.74, 6) is -0.861. The van der Waals surface area contributed by atoms with E-state index in [1.165, 1.54) is 31.4 Å². The predicted octanol–water partition coefficient (Wildman–Crippen LogP) is 4.41. The molecule has 5 nitrogen and oxygen atoms in total. The van der Waals surface area contributed by atoms with Gasteiger partial charge in [-0.15, -0.1) is 0 Å². The van der Waals surface area contributed by atoms with Gasteiger partial charge in [-0.05, 0) is 35.0 Å². The standard InChI is InChI=1S/C19H15F2NO4/c1-25-16-7-6-13(10-17(16)26-19(20)21)22-18(24)14-8-11-4-2-3-5-12(11)9-15(14)23/h2-10,19,23H,1H3,(H,22,24). The van der Waals surface area contributed by atoms with Gasteiger partial charge in [-0.3, -0.25) is 4.79 Å². The summed E-state index contributed by atoms with van der Waals surface area (Å²) >= 11 is 0. The molecule has 0 fully saturated rings. The van der Waals surface area contributed by atoms with E-state index in [1.54, 1.807) is 6.07 Å². The Morgan fingerprint density at radius 3 is 2.38 bits per heavy atom. The molecular weight excluding hydrogens is 344 g/mol. The second kappa shape index (κ2) is 7.26. The van der Waals surface area contributed by atoms with Crippen molar-refractivity contribution in [1.82, 2.24) is 0 Å². The number of phenolic OH excluding ortho intramolecular Hbond substituents is 1. The number of anilines is 1. The average Bonchev–Trinajstić information content (AvgIpc) is 2.60. The highest BCUT2D eigenvalue weighted by molar-refractivity contribution is 6.08. The van der Waals surface area contributed by atoms with E-state index in [2.05, 4.69) is 10.1 Å². The number of hydrogen-bond donors (Lipinski definition) is 2. The number of methoxy groups -OCH3 is 1. The van der Waals surface area contributed by atoms with Crippen molar-refractivity contribution in [2.75, 3.05) is 12.4 Å². The summed E-state index contributed by atoms with van der Waals surface area (Å²) in [5.41, 5.74) is 0.287. The summed E-state index contributed by atoms with van der Waals surface area (Å²) in [4.78, 5) is 12.5. The number of aromatic hydroxyl groups is 1. The lowest BCUT2D eigenvalue weighted by Gasteiger charge is -2.13. The molecular formula is C19H15F2NO4. The van der Waals surface area contributed by atoms with Crippen LogP contribution in [0.2, 0.25) is 0 Å². The van der Waals surface area contributed by atoms with Gasteiger partial charge in [-0.2, -0.15) is 8.78 Å². The molecule has 134 valence electrons. The summed E-state index contributed by atoms with van der Waals surface area (Å²) in [6, 6.07) is 14.4. The van der Waals surface area contributed by atoms with Crippen LogP contribution in [0.3, 0.4) is 0 Å². The lowest BCUT2D eigenvalue weighted by molar-refractivity contribution is -0.0511. The van der Waals surface area contributed by atoms with Crippen molar-refractivity contribution >= 4 is 22.4 Å². The molecule has 0 saturated heterocycles. The molecule has 1 amide bonds. The number of alkyl halides is 2. The summed E-state index contributed by atoms with van der Waals surface area (Å²) in [6.07, 6.45) is 0. The number of amides is 1. The molecule has 26 heavy (non-hydrogen) atoms. The summed E-state index contributed by atoms with van der Waals surface area (Å²) < 4.78 is 34.3. The number of rotatable bonds is 5. The molecule has 0 atom stereocenters. The van der Waals surface area contributed by atoms with E-state index >= 15 is 0 Å². The third-order valence-corrected chi connectivity index (χ3v) is 3.75. The molecule has 0 aliphatic heterocycles. The molecule has 0 bridgehead atoms. The number of benzene rings is 3. The quantitative estimate of drug-likeness (QED) is 0.708. The first-order valence-electron chi connectivity index (χ1n) is 7.64. The third kappa shape index (κ3) is 3.66. The highest BCUT2D eigenvalue weighted by atomic mass is 19.3. The SMILES string of the molecule is COc1ccc(NC(=O)c2cc3ccccc3cc2O)cc1OC(F)F. The maximum Gasteiger partial charge on any atom is 0.387 e. The van der Waals surface area contributed by atoms with Crippen molar-refractivity contribution in [3.63, 3.8) is 0 Å². The van der Waals surface area contributed by atoms with Gasteiger partial charge in [0.05, 0.1) is 12.7 Å². The first-order valence-corrected chi connectivity index (χ1v) is 7.64. The smallest absolute Gasteiger partial charge is 0.387 e. The van der Waals surface area contributed by atoms with Gasteiger partial charge in [-0.25, -0.2) is 0 Å². The van der Waals surface area contributed by atoms with E-state index in [1.807, 2.05) is 24.3 Å². The largest absolute Gasteiger partial charge is 0.507 e. The lowest BCUT2D eigenvalue weighted by atomic mass is 10.1. The molecule has 0 aliphatic carbocycles. The number of carbonyl (C=O) groups is 1. The van der Waals surface area contributed by atoms with E-state index in [0.29, 0.717) is 0 Å². The van der Waals surface area contributed by atoms with Gasteiger partial charge >= 0.3 is 6.61 Å². The van der Waals surface area contributed by atoms with Crippen LogP contribution in [0.25, 0.3) is 10.8 Å². The number of phenols is 1. The Labute approximate surface area is 147 Å². The number of carbonyl (C=O) groups excluding carboxylic acids is 1. The van der Waals surface area contributed by atoms with Gasteiger partial charge in [0.1, 0.15) is 5.75 Å². The summed E-state index contributed by atoms with van der Waals surface area (Å²) in [7, 11) is 1.32. The van der Waals surface area contributed by atoms with E-state index in [4.69, 9.17) is 4.74 Å². The Morgan fingerprint density at radius 2 is 1.73 bits per heavy atom. The third-order valence-electron chi connectivity index (χ3n) is 3.75. The van der Waals surface area contributed by atoms with Crippen LogP contribution < -0.4 is 14.8 Å². The molecule has 0 aromatic heterocycles. The zero-order valence-electron chi connectivity index (χ0n) is 13.7. The Balaban J connectivity index is 1.89. The first-order chi connectivity index (χ1) is 12.5. The van der Waals surface area contributed by atoms with Crippen LogP contribution >= 0.6 is 0 Å². The maximum atomic E-state index is 12.5. The molecule has 3 aromatic carbocycles. The van der Waals surface area contributed by atoms with Crippen LogP contribution in [0.1, 0.15) is 10.4 Å². The molecule has 0 radical (unpaired) electrons. The van der Waals surface area contributed by atoms with Crippen molar-refractivity contribution in [1.29, 1.82) is 0 Å². The lowest BCUT2D eigenvalue weighted by Crippen LogP contribution is -2.12. The van der Waals surface area contributed by atoms with E-state index in [9.17, 15) is 18.7 Å². The zero-order valence-corrected chi connectivity index (χ0v) is 13.7. The Kier molecular flexibility index (Phi) is 4.88. The van der Waals surface area contributed by atoms with E-state index in [-0.39, 0.29) is 28.5 Å². The van der Waals surface area contributed by atoms with Crippen molar-refractivity contribution in [3.8, 4) is 17.2 Å². The van der Waals surface area contributed by atoms with Crippen LogP contribution in [0, 0.1) is 0 Å². The molecule has 2 N–H and O–H groups in total. The molecule has 0 spiro atoms. The number of halogens is 2. The zero-order chi connectivity index (χ0) is 18.7. The van der Waals surface area contributed by atoms with E-state index < -0.39 is 12.5 Å². The van der Waals surface area contributed by atoms with Gasteiger partial charge in [0.2, 0.25) is 0 Å². The van der Waals surface area contributed by atoms with Crippen LogP contribution in [0.15, 0.2) is 54.6 Å². The predicted molar refractivity (Wildman–Crippen MR) is 93.2 cm³/mol. The normalized spacial score (nSPS) is 10.8. The Morgan fingerprint density at radius 1 is 1.04 bits per heavy atom. The number of ether oxygens (including phenoxy) is 2. The van der Waals surface area contributed by atoms with Crippen LogP contribution in [0.4, 0.5) is 14.5 Å². The van der Waals surface area contributed by atoms with Crippen LogP contribution in [0.5, 0.6) is 17.2 Å². The summed E-state index contributed by atoms with van der Waals surface area (Å²) in [6.45, 7) is -3.03. The van der Waals surface area contributed by atoms with Gasteiger partial charge in [0, 0.05) is 11.8 Å². The monoisotopic (exact) mass is 359 g/mol. The molecule has 0 unspecified atom stereocenters. The number of fused-ring (bicyclic) bond motifs is 1. The molecule has 3 rings (SSSR count). The summed E-state index contributed by atoms with van der Waals surface area (Å²) in [5, 5.41) is 14.2.